The molecule has 0 spiro atoms. The van der Waals surface area contributed by atoms with Gasteiger partial charge in [0.25, 0.3) is 5.69 Å². The van der Waals surface area contributed by atoms with Crippen LogP contribution >= 0.6 is 0 Å². The van der Waals surface area contributed by atoms with Crippen LogP contribution in [0.3, 0.4) is 0 Å². The van der Waals surface area contributed by atoms with E-state index >= 15 is 0 Å². The minimum Gasteiger partial charge on any atom is -0.337 e. The fourth-order valence-electron chi connectivity index (χ4n) is 3.67. The number of amides is 1. The number of non-ortho nitro benzene ring substituents is 1. The molecule has 0 saturated carbocycles. The van der Waals surface area contributed by atoms with Crippen molar-refractivity contribution in [2.45, 2.75) is 24.1 Å². The zero-order valence-electron chi connectivity index (χ0n) is 18.1. The van der Waals surface area contributed by atoms with Crippen molar-refractivity contribution in [2.75, 3.05) is 5.32 Å². The van der Waals surface area contributed by atoms with Gasteiger partial charge in [-0.3, -0.25) is 14.9 Å². The summed E-state index contributed by atoms with van der Waals surface area (Å²) in [4.78, 5) is 23.3. The third kappa shape index (κ3) is 4.81. The molecule has 0 unspecified atom stereocenters. The Hall–Kier alpha value is -4.05. The first-order chi connectivity index (χ1) is 16.1. The molecule has 0 aliphatic heterocycles. The summed E-state index contributed by atoms with van der Waals surface area (Å²) in [7, 11) is -3.80. The summed E-state index contributed by atoms with van der Waals surface area (Å²) in [6, 6.07) is 16.2. The Morgan fingerprint density at radius 1 is 1.09 bits per heavy atom. The number of benzene rings is 3. The molecule has 4 rings (SSSR count). The molecule has 1 amide bonds. The van der Waals surface area contributed by atoms with Crippen LogP contribution in [0.25, 0.3) is 10.9 Å². The van der Waals surface area contributed by atoms with Crippen LogP contribution in [-0.2, 0) is 26.9 Å². The highest BCUT2D eigenvalue weighted by Gasteiger charge is 2.22. The van der Waals surface area contributed by atoms with Gasteiger partial charge in [0.1, 0.15) is 12.4 Å². The van der Waals surface area contributed by atoms with Gasteiger partial charge in [0.2, 0.25) is 5.91 Å². The second-order valence-corrected chi connectivity index (χ2v) is 9.79. The summed E-state index contributed by atoms with van der Waals surface area (Å²) in [5.41, 5.74) is 1.79. The number of para-hydroxylation sites is 1. The first-order valence-electron chi connectivity index (χ1n) is 10.2. The Balaban J connectivity index is 1.63. The average Bonchev–Trinajstić information content (AvgIpc) is 3.16. The summed E-state index contributed by atoms with van der Waals surface area (Å²) < 4.78 is 41.0. The molecule has 1 N–H and O–H groups in total. The second kappa shape index (κ2) is 9.06. The van der Waals surface area contributed by atoms with Gasteiger partial charge < -0.3 is 9.88 Å². The van der Waals surface area contributed by atoms with E-state index in [-0.39, 0.29) is 22.9 Å². The number of nitrogens with one attached hydrogen (secondary N) is 1. The summed E-state index contributed by atoms with van der Waals surface area (Å²) in [5, 5.41) is 14.2. The van der Waals surface area contributed by atoms with E-state index in [0.29, 0.717) is 27.7 Å². The Morgan fingerprint density at radius 2 is 1.79 bits per heavy atom. The lowest BCUT2D eigenvalue weighted by Gasteiger charge is -2.09. The topological polar surface area (TPSA) is 111 Å². The van der Waals surface area contributed by atoms with Gasteiger partial charge in [-0.1, -0.05) is 36.4 Å². The standard InChI is InChI=1S/C24H20FN3O5S/c1-16-6-11-19(28(30)31)12-21(16)26-24(29)14-27-13-23(20-4-2-3-5-22(20)27)34(32,33)15-17-7-9-18(25)10-8-17/h2-13H,14-15H2,1H3,(H,26,29). The van der Waals surface area contributed by atoms with Crippen molar-refractivity contribution in [1.29, 1.82) is 0 Å². The molecule has 34 heavy (non-hydrogen) atoms. The number of nitro benzene ring substituents is 1. The Labute approximate surface area is 194 Å². The van der Waals surface area contributed by atoms with Crippen molar-refractivity contribution in [3.63, 3.8) is 0 Å². The number of sulfone groups is 1. The number of aryl methyl sites for hydroxylation is 1. The first kappa shape index (κ1) is 23.1. The lowest BCUT2D eigenvalue weighted by atomic mass is 10.2. The van der Waals surface area contributed by atoms with Crippen molar-refractivity contribution >= 4 is 38.0 Å². The molecule has 174 valence electrons. The quantitative estimate of drug-likeness (QED) is 0.306. The summed E-state index contributed by atoms with van der Waals surface area (Å²) in [6.45, 7) is 1.51. The van der Waals surface area contributed by atoms with Gasteiger partial charge in [-0.05, 0) is 36.2 Å². The summed E-state index contributed by atoms with van der Waals surface area (Å²) >= 11 is 0. The molecule has 8 nitrogen and oxygen atoms in total. The van der Waals surface area contributed by atoms with E-state index in [1.165, 1.54) is 47.2 Å². The van der Waals surface area contributed by atoms with E-state index in [1.54, 1.807) is 37.3 Å². The molecule has 4 aromatic rings. The monoisotopic (exact) mass is 481 g/mol. The number of fused-ring (bicyclic) bond motifs is 1. The van der Waals surface area contributed by atoms with E-state index in [9.17, 15) is 27.7 Å². The number of carbonyl (C=O) groups excluding carboxylic acids is 1. The van der Waals surface area contributed by atoms with Gasteiger partial charge >= 0.3 is 0 Å². The van der Waals surface area contributed by atoms with Crippen molar-refractivity contribution in [3.05, 3.63) is 100.0 Å². The van der Waals surface area contributed by atoms with Crippen LogP contribution in [0.2, 0.25) is 0 Å². The van der Waals surface area contributed by atoms with Crippen LogP contribution in [0, 0.1) is 22.9 Å². The van der Waals surface area contributed by atoms with E-state index < -0.39 is 26.5 Å². The van der Waals surface area contributed by atoms with Crippen molar-refractivity contribution in [3.8, 4) is 0 Å². The maximum absolute atomic E-state index is 13.2. The van der Waals surface area contributed by atoms with Crippen LogP contribution in [0.5, 0.6) is 0 Å². The molecule has 3 aromatic carbocycles. The van der Waals surface area contributed by atoms with Gasteiger partial charge in [0, 0.05) is 29.2 Å². The number of hydrogen-bond donors (Lipinski definition) is 1. The largest absolute Gasteiger partial charge is 0.337 e. The summed E-state index contributed by atoms with van der Waals surface area (Å²) in [5.74, 6) is -1.24. The number of nitro groups is 1. The van der Waals surface area contributed by atoms with Crippen LogP contribution in [0.4, 0.5) is 15.8 Å². The zero-order valence-corrected chi connectivity index (χ0v) is 18.9. The van der Waals surface area contributed by atoms with Crippen molar-refractivity contribution in [1.82, 2.24) is 4.57 Å². The molecule has 0 bridgehead atoms. The van der Waals surface area contributed by atoms with Crippen molar-refractivity contribution in [2.24, 2.45) is 0 Å². The maximum Gasteiger partial charge on any atom is 0.271 e. The van der Waals surface area contributed by atoms with Gasteiger partial charge in [-0.25, -0.2) is 12.8 Å². The van der Waals surface area contributed by atoms with E-state index in [2.05, 4.69) is 5.32 Å². The first-order valence-corrected chi connectivity index (χ1v) is 11.9. The van der Waals surface area contributed by atoms with Gasteiger partial charge in [0.05, 0.1) is 21.3 Å². The van der Waals surface area contributed by atoms with Gasteiger partial charge in [-0.2, -0.15) is 0 Å². The molecule has 0 fully saturated rings. The molecular weight excluding hydrogens is 461 g/mol. The van der Waals surface area contributed by atoms with Crippen LogP contribution in [-0.4, -0.2) is 23.8 Å². The fourth-order valence-corrected chi connectivity index (χ4v) is 5.25. The summed E-state index contributed by atoms with van der Waals surface area (Å²) in [6.07, 6.45) is 1.41. The second-order valence-electron chi connectivity index (χ2n) is 7.83. The molecule has 0 aliphatic carbocycles. The minimum absolute atomic E-state index is 0.0618. The van der Waals surface area contributed by atoms with Crippen LogP contribution < -0.4 is 5.32 Å². The number of aromatic nitrogens is 1. The Morgan fingerprint density at radius 3 is 2.50 bits per heavy atom. The highest BCUT2D eigenvalue weighted by molar-refractivity contribution is 7.90. The molecule has 1 aromatic heterocycles. The van der Waals surface area contributed by atoms with E-state index in [0.717, 1.165) is 0 Å². The Kier molecular flexibility index (Phi) is 6.16. The molecule has 1 heterocycles. The highest BCUT2D eigenvalue weighted by Crippen LogP contribution is 2.28. The number of halogens is 1. The Bertz CT molecular complexity index is 1510. The number of carbonyl (C=O) groups is 1. The SMILES string of the molecule is Cc1ccc([N+](=O)[O-])cc1NC(=O)Cn1cc(S(=O)(=O)Cc2ccc(F)cc2)c2ccccc21. The minimum atomic E-state index is -3.80. The number of nitrogens with zero attached hydrogens (tertiary/aromatic N) is 2. The lowest BCUT2D eigenvalue weighted by Crippen LogP contribution is -2.19. The van der Waals surface area contributed by atoms with Crippen LogP contribution in [0.15, 0.2) is 77.8 Å². The fraction of sp³-hybridized carbons (Fsp3) is 0.125. The van der Waals surface area contributed by atoms with Gasteiger partial charge in [-0.15, -0.1) is 0 Å². The molecule has 0 radical (unpaired) electrons. The number of anilines is 1. The number of rotatable bonds is 7. The lowest BCUT2D eigenvalue weighted by molar-refractivity contribution is -0.384. The van der Waals surface area contributed by atoms with E-state index in [1.807, 2.05) is 0 Å². The predicted octanol–water partition coefficient (Wildman–Crippen LogP) is 4.61. The molecular formula is C24H20FN3O5S. The highest BCUT2D eigenvalue weighted by atomic mass is 32.2. The average molecular weight is 482 g/mol. The van der Waals surface area contributed by atoms with Gasteiger partial charge in [0.15, 0.2) is 9.84 Å². The smallest absolute Gasteiger partial charge is 0.271 e. The molecule has 0 aliphatic rings. The van der Waals surface area contributed by atoms with Crippen molar-refractivity contribution < 1.29 is 22.5 Å². The zero-order chi connectivity index (χ0) is 24.5. The van der Waals surface area contributed by atoms with E-state index in [4.69, 9.17) is 0 Å². The number of hydrogen-bond acceptors (Lipinski definition) is 5. The normalized spacial score (nSPS) is 11.5. The van der Waals surface area contributed by atoms with Crippen LogP contribution in [0.1, 0.15) is 11.1 Å². The third-order valence-electron chi connectivity index (χ3n) is 5.38. The maximum atomic E-state index is 13.2. The third-order valence-corrected chi connectivity index (χ3v) is 7.09. The molecule has 0 saturated heterocycles. The molecule has 10 heteroatoms. The molecule has 0 atom stereocenters. The predicted molar refractivity (Wildman–Crippen MR) is 126 cm³/mol.